The van der Waals surface area contributed by atoms with Crippen molar-refractivity contribution in [2.75, 3.05) is 4.90 Å². The molecule has 0 aliphatic heterocycles. The highest BCUT2D eigenvalue weighted by Gasteiger charge is 2.26. The fourth-order valence-corrected chi connectivity index (χ4v) is 9.14. The van der Waals surface area contributed by atoms with Crippen molar-refractivity contribution in [3.63, 3.8) is 0 Å². The Bertz CT molecular complexity index is 3570. The van der Waals surface area contributed by atoms with Crippen LogP contribution in [-0.4, -0.2) is 9.55 Å². The van der Waals surface area contributed by atoms with E-state index in [-0.39, 0.29) is 0 Å². The number of para-hydroxylation sites is 3. The number of hydrogen-bond donors (Lipinski definition) is 0. The zero-order valence-corrected chi connectivity index (χ0v) is 32.0. The third-order valence-electron chi connectivity index (χ3n) is 11.8. The number of nitrogens with zero attached hydrogens (tertiary/aromatic N) is 3. The lowest BCUT2D eigenvalue weighted by molar-refractivity contribution is 0.620. The first-order valence-electron chi connectivity index (χ1n) is 20.0. The number of aromatic nitrogens is 2. The maximum atomic E-state index is 6.95. The molecule has 0 N–H and O–H groups in total. The Balaban J connectivity index is 1.19. The van der Waals surface area contributed by atoms with Gasteiger partial charge in [0.2, 0.25) is 5.89 Å². The van der Waals surface area contributed by atoms with Crippen LogP contribution in [-0.2, 0) is 0 Å². The van der Waals surface area contributed by atoms with Crippen LogP contribution in [0.25, 0.3) is 93.5 Å². The van der Waals surface area contributed by atoms with Gasteiger partial charge in [0.15, 0.2) is 5.58 Å². The molecule has 0 bridgehead atoms. The summed E-state index contributed by atoms with van der Waals surface area (Å²) in [6.45, 7) is 0. The van der Waals surface area contributed by atoms with Crippen LogP contribution < -0.4 is 4.90 Å². The summed E-state index contributed by atoms with van der Waals surface area (Å²) in [5, 5.41) is 9.40. The van der Waals surface area contributed by atoms with Crippen molar-refractivity contribution in [1.82, 2.24) is 9.55 Å². The van der Waals surface area contributed by atoms with E-state index < -0.39 is 0 Å². The van der Waals surface area contributed by atoms with Gasteiger partial charge in [-0.1, -0.05) is 158 Å². The molecule has 4 nitrogen and oxygen atoms in total. The summed E-state index contributed by atoms with van der Waals surface area (Å²) in [6, 6.07) is 75.7. The molecule has 276 valence electrons. The summed E-state index contributed by atoms with van der Waals surface area (Å²) in [5.74, 6) is 0.590. The standard InChI is InChI=1S/C55H35N3O/c1-3-17-37(18-4-1)41-32-33-49(43-23-10-9-22-42(41)43)58(50-29-15-27-47-54(50)59-55(56-47)39-31-30-36-16-7-8-19-38(36)34-39)51-35-52-53(45-25-12-11-24-44(45)51)46-26-13-14-28-48(46)57(52)40-20-5-2-6-21-40/h1-35H. The fraction of sp³-hybridized carbons (Fsp3) is 0. The van der Waals surface area contributed by atoms with Gasteiger partial charge in [-0.15, -0.1) is 0 Å². The lowest BCUT2D eigenvalue weighted by atomic mass is 9.95. The molecule has 0 atom stereocenters. The number of hydrogen-bond acceptors (Lipinski definition) is 3. The van der Waals surface area contributed by atoms with Gasteiger partial charge in [0.25, 0.3) is 0 Å². The Kier molecular flexibility index (Phi) is 7.50. The second kappa shape index (κ2) is 13.3. The fourth-order valence-electron chi connectivity index (χ4n) is 9.14. The molecule has 10 aromatic carbocycles. The lowest BCUT2D eigenvalue weighted by Crippen LogP contribution is -2.12. The molecule has 59 heavy (non-hydrogen) atoms. The number of benzene rings is 10. The average molecular weight is 754 g/mol. The summed E-state index contributed by atoms with van der Waals surface area (Å²) < 4.78 is 9.35. The van der Waals surface area contributed by atoms with E-state index in [1.807, 2.05) is 0 Å². The molecule has 12 rings (SSSR count). The van der Waals surface area contributed by atoms with Gasteiger partial charge in [-0.2, -0.15) is 0 Å². The molecule has 2 heterocycles. The first-order valence-corrected chi connectivity index (χ1v) is 20.0. The predicted molar refractivity (Wildman–Crippen MR) is 246 cm³/mol. The van der Waals surface area contributed by atoms with Gasteiger partial charge in [0, 0.05) is 32.8 Å². The van der Waals surface area contributed by atoms with Crippen molar-refractivity contribution >= 4 is 82.3 Å². The summed E-state index contributed by atoms with van der Waals surface area (Å²) in [5.41, 5.74) is 11.2. The Labute approximate surface area is 340 Å². The molecular weight excluding hydrogens is 719 g/mol. The van der Waals surface area contributed by atoms with Gasteiger partial charge >= 0.3 is 0 Å². The molecule has 0 radical (unpaired) electrons. The van der Waals surface area contributed by atoms with Crippen molar-refractivity contribution in [1.29, 1.82) is 0 Å². The Morgan fingerprint density at radius 2 is 1.07 bits per heavy atom. The van der Waals surface area contributed by atoms with Crippen LogP contribution in [0.5, 0.6) is 0 Å². The smallest absolute Gasteiger partial charge is 0.227 e. The molecule has 0 saturated carbocycles. The monoisotopic (exact) mass is 753 g/mol. The second-order valence-corrected chi connectivity index (χ2v) is 15.1. The quantitative estimate of drug-likeness (QED) is 0.170. The highest BCUT2D eigenvalue weighted by Crippen LogP contribution is 2.49. The van der Waals surface area contributed by atoms with E-state index in [0.29, 0.717) is 5.89 Å². The average Bonchev–Trinajstić information content (AvgIpc) is 3.90. The summed E-state index contributed by atoms with van der Waals surface area (Å²) >= 11 is 0. The van der Waals surface area contributed by atoms with Crippen molar-refractivity contribution in [2.45, 2.75) is 0 Å². The summed E-state index contributed by atoms with van der Waals surface area (Å²) in [4.78, 5) is 7.54. The van der Waals surface area contributed by atoms with Crippen molar-refractivity contribution in [2.24, 2.45) is 0 Å². The molecule has 12 aromatic rings. The van der Waals surface area contributed by atoms with Crippen LogP contribution in [0, 0.1) is 0 Å². The molecule has 0 aliphatic rings. The largest absolute Gasteiger partial charge is 0.434 e. The molecule has 0 aliphatic carbocycles. The van der Waals surface area contributed by atoms with Crippen LogP contribution in [0.3, 0.4) is 0 Å². The minimum absolute atomic E-state index is 0.590. The summed E-state index contributed by atoms with van der Waals surface area (Å²) in [6.07, 6.45) is 0. The molecule has 0 unspecified atom stereocenters. The minimum atomic E-state index is 0.590. The first-order chi connectivity index (χ1) is 29.3. The van der Waals surface area contributed by atoms with Gasteiger partial charge < -0.3 is 13.9 Å². The zero-order valence-electron chi connectivity index (χ0n) is 32.0. The van der Waals surface area contributed by atoms with Gasteiger partial charge in [-0.3, -0.25) is 0 Å². The second-order valence-electron chi connectivity index (χ2n) is 15.1. The number of anilines is 3. The normalized spacial score (nSPS) is 11.7. The van der Waals surface area contributed by atoms with E-state index in [2.05, 4.69) is 222 Å². The Morgan fingerprint density at radius 1 is 0.407 bits per heavy atom. The number of rotatable bonds is 6. The lowest BCUT2D eigenvalue weighted by Gasteiger charge is -2.29. The van der Waals surface area contributed by atoms with Gasteiger partial charge in [-0.25, -0.2) is 4.98 Å². The maximum Gasteiger partial charge on any atom is 0.227 e. The highest BCUT2D eigenvalue weighted by atomic mass is 16.3. The van der Waals surface area contributed by atoms with E-state index in [4.69, 9.17) is 9.40 Å². The number of fused-ring (bicyclic) bond motifs is 8. The molecule has 0 amide bonds. The molecular formula is C55H35N3O. The van der Waals surface area contributed by atoms with Crippen molar-refractivity contribution < 1.29 is 4.42 Å². The van der Waals surface area contributed by atoms with Gasteiger partial charge in [-0.05, 0) is 87.3 Å². The number of oxazole rings is 1. The van der Waals surface area contributed by atoms with E-state index in [1.54, 1.807) is 0 Å². The molecule has 0 spiro atoms. The van der Waals surface area contributed by atoms with E-state index in [9.17, 15) is 0 Å². The zero-order chi connectivity index (χ0) is 38.9. The molecule has 0 saturated heterocycles. The topological polar surface area (TPSA) is 34.2 Å². The van der Waals surface area contributed by atoms with Gasteiger partial charge in [0.05, 0.1) is 28.1 Å². The highest BCUT2D eigenvalue weighted by molar-refractivity contribution is 6.25. The van der Waals surface area contributed by atoms with Gasteiger partial charge in [0.1, 0.15) is 5.52 Å². The maximum absolute atomic E-state index is 6.95. The Hall–Kier alpha value is -7.95. The molecule has 0 fully saturated rings. The minimum Gasteiger partial charge on any atom is -0.434 e. The predicted octanol–water partition coefficient (Wildman–Crippen LogP) is 15.2. The third kappa shape index (κ3) is 5.27. The molecule has 4 heteroatoms. The van der Waals surface area contributed by atoms with Crippen LogP contribution in [0.1, 0.15) is 0 Å². The molecule has 2 aromatic heterocycles. The van der Waals surface area contributed by atoms with Crippen molar-refractivity contribution in [3.8, 4) is 28.3 Å². The third-order valence-corrected chi connectivity index (χ3v) is 11.8. The Morgan fingerprint density at radius 3 is 1.88 bits per heavy atom. The SMILES string of the molecule is c1ccc(-c2ccc(N(c3cc4c(c5ccccc35)c3ccccc3n4-c3ccccc3)c3cccc4nc(-c5ccc6ccccc6c5)oc34)c3ccccc23)cc1. The first kappa shape index (κ1) is 33.2. The van der Waals surface area contributed by atoms with Crippen LogP contribution in [0.15, 0.2) is 217 Å². The summed E-state index contributed by atoms with van der Waals surface area (Å²) in [7, 11) is 0. The van der Waals surface area contributed by atoms with Crippen molar-refractivity contribution in [3.05, 3.63) is 212 Å². The van der Waals surface area contributed by atoms with Crippen LogP contribution in [0.2, 0.25) is 0 Å². The van der Waals surface area contributed by atoms with Crippen LogP contribution >= 0.6 is 0 Å². The van der Waals surface area contributed by atoms with E-state index in [0.717, 1.165) is 66.6 Å². The van der Waals surface area contributed by atoms with E-state index >= 15 is 0 Å². The van der Waals surface area contributed by atoms with E-state index in [1.165, 1.54) is 38.1 Å². The van der Waals surface area contributed by atoms with Crippen LogP contribution in [0.4, 0.5) is 17.1 Å².